The van der Waals surface area contributed by atoms with Gasteiger partial charge in [-0.2, -0.15) is 0 Å². The zero-order valence-corrected chi connectivity index (χ0v) is 16.7. The SMILES string of the molecule is CCC(=O)c1ccc(OCC(=O)N2CC[NH+](CC(=O)NCCOC)CC2)cc1. The van der Waals surface area contributed by atoms with Gasteiger partial charge in [-0.25, -0.2) is 0 Å². The largest absolute Gasteiger partial charge is 0.484 e. The summed E-state index contributed by atoms with van der Waals surface area (Å²) in [4.78, 5) is 38.7. The number of quaternary nitrogens is 1. The third kappa shape index (κ3) is 6.94. The quantitative estimate of drug-likeness (QED) is 0.400. The summed E-state index contributed by atoms with van der Waals surface area (Å²) >= 11 is 0. The van der Waals surface area contributed by atoms with Gasteiger partial charge in [-0.3, -0.25) is 14.4 Å². The van der Waals surface area contributed by atoms with E-state index in [2.05, 4.69) is 5.32 Å². The maximum absolute atomic E-state index is 12.3. The highest BCUT2D eigenvalue weighted by atomic mass is 16.5. The molecule has 0 atom stereocenters. The van der Waals surface area contributed by atoms with E-state index in [1.807, 2.05) is 6.92 Å². The van der Waals surface area contributed by atoms with Gasteiger partial charge in [0.2, 0.25) is 0 Å². The lowest BCUT2D eigenvalue weighted by Crippen LogP contribution is -3.15. The van der Waals surface area contributed by atoms with Gasteiger partial charge in [-0.15, -0.1) is 0 Å². The minimum atomic E-state index is -0.0719. The van der Waals surface area contributed by atoms with Crippen LogP contribution in [0.25, 0.3) is 0 Å². The molecule has 8 heteroatoms. The Morgan fingerprint density at radius 2 is 1.82 bits per heavy atom. The molecule has 1 heterocycles. The first-order chi connectivity index (χ1) is 13.5. The summed E-state index contributed by atoms with van der Waals surface area (Å²) in [6.07, 6.45) is 0.460. The number of benzene rings is 1. The summed E-state index contributed by atoms with van der Waals surface area (Å²) in [7, 11) is 1.60. The number of hydrogen-bond donors (Lipinski definition) is 2. The number of nitrogens with one attached hydrogen (secondary N) is 2. The van der Waals surface area contributed by atoms with E-state index in [-0.39, 0.29) is 24.2 Å². The van der Waals surface area contributed by atoms with Crippen LogP contribution in [0.2, 0.25) is 0 Å². The topological polar surface area (TPSA) is 89.4 Å². The summed E-state index contributed by atoms with van der Waals surface area (Å²) in [5.74, 6) is 0.575. The summed E-state index contributed by atoms with van der Waals surface area (Å²) in [6.45, 7) is 5.88. The molecule has 154 valence electrons. The van der Waals surface area contributed by atoms with E-state index in [9.17, 15) is 14.4 Å². The van der Waals surface area contributed by atoms with Gasteiger partial charge in [0.15, 0.2) is 18.9 Å². The van der Waals surface area contributed by atoms with Gasteiger partial charge >= 0.3 is 0 Å². The molecule has 1 fully saturated rings. The van der Waals surface area contributed by atoms with Gasteiger partial charge in [0.25, 0.3) is 11.8 Å². The minimum absolute atomic E-state index is 0.000149. The summed E-state index contributed by atoms with van der Waals surface area (Å²) in [6, 6.07) is 6.85. The van der Waals surface area contributed by atoms with Gasteiger partial charge in [0.1, 0.15) is 5.75 Å². The van der Waals surface area contributed by atoms with Crippen molar-refractivity contribution in [3.63, 3.8) is 0 Å². The Bertz CT molecular complexity index is 654. The molecule has 1 aliphatic rings. The summed E-state index contributed by atoms with van der Waals surface area (Å²) in [5.41, 5.74) is 0.645. The van der Waals surface area contributed by atoms with Crippen LogP contribution in [0.3, 0.4) is 0 Å². The number of carbonyl (C=O) groups is 3. The van der Waals surface area contributed by atoms with Crippen molar-refractivity contribution in [2.75, 3.05) is 59.6 Å². The maximum atomic E-state index is 12.3. The van der Waals surface area contributed by atoms with E-state index < -0.39 is 0 Å². The molecule has 0 aromatic heterocycles. The van der Waals surface area contributed by atoms with Crippen LogP contribution in [0.1, 0.15) is 23.7 Å². The molecule has 1 aliphatic heterocycles. The third-order valence-corrected chi connectivity index (χ3v) is 4.72. The number of hydrogen-bond acceptors (Lipinski definition) is 5. The van der Waals surface area contributed by atoms with Crippen molar-refractivity contribution < 1.29 is 28.8 Å². The maximum Gasteiger partial charge on any atom is 0.275 e. The molecule has 28 heavy (non-hydrogen) atoms. The molecule has 0 radical (unpaired) electrons. The fourth-order valence-electron chi connectivity index (χ4n) is 3.01. The van der Waals surface area contributed by atoms with E-state index >= 15 is 0 Å². The van der Waals surface area contributed by atoms with Crippen LogP contribution in [-0.2, 0) is 14.3 Å². The van der Waals surface area contributed by atoms with Crippen LogP contribution in [0, 0.1) is 0 Å². The molecule has 1 aromatic rings. The van der Waals surface area contributed by atoms with Crippen molar-refractivity contribution in [1.29, 1.82) is 0 Å². The Balaban J connectivity index is 1.69. The highest BCUT2D eigenvalue weighted by Gasteiger charge is 2.25. The Hall–Kier alpha value is -2.45. The van der Waals surface area contributed by atoms with Crippen LogP contribution in [0.4, 0.5) is 0 Å². The number of ether oxygens (including phenoxy) is 2. The molecular formula is C20H30N3O5+. The van der Waals surface area contributed by atoms with Crippen molar-refractivity contribution in [1.82, 2.24) is 10.2 Å². The Morgan fingerprint density at radius 1 is 1.14 bits per heavy atom. The monoisotopic (exact) mass is 392 g/mol. The molecule has 0 bridgehead atoms. The first-order valence-corrected chi connectivity index (χ1v) is 9.66. The van der Waals surface area contributed by atoms with Crippen molar-refractivity contribution >= 4 is 17.6 Å². The van der Waals surface area contributed by atoms with E-state index in [1.54, 1.807) is 36.3 Å². The van der Waals surface area contributed by atoms with Gasteiger partial charge in [0.05, 0.1) is 32.8 Å². The van der Waals surface area contributed by atoms with Crippen molar-refractivity contribution in [2.45, 2.75) is 13.3 Å². The molecule has 0 saturated carbocycles. The molecule has 2 N–H and O–H groups in total. The molecule has 8 nitrogen and oxygen atoms in total. The molecule has 0 unspecified atom stereocenters. The van der Waals surface area contributed by atoms with Gasteiger partial charge in [-0.1, -0.05) is 6.92 Å². The highest BCUT2D eigenvalue weighted by Crippen LogP contribution is 2.13. The number of Topliss-reactive ketones (excluding diaryl/α,β-unsaturated/α-hetero) is 1. The van der Waals surface area contributed by atoms with Crippen molar-refractivity contribution in [3.8, 4) is 5.75 Å². The number of nitrogens with zero attached hydrogens (tertiary/aromatic N) is 1. The molecule has 1 saturated heterocycles. The van der Waals surface area contributed by atoms with Gasteiger partial charge in [0, 0.05) is 25.6 Å². The Kier molecular flexibility index (Phi) is 8.90. The molecule has 0 aliphatic carbocycles. The van der Waals surface area contributed by atoms with Crippen LogP contribution in [0.15, 0.2) is 24.3 Å². The molecule has 1 aromatic carbocycles. The number of amides is 2. The summed E-state index contributed by atoms with van der Waals surface area (Å²) < 4.78 is 10.5. The lowest BCUT2D eigenvalue weighted by atomic mass is 10.1. The van der Waals surface area contributed by atoms with Crippen LogP contribution in [-0.4, -0.2) is 82.1 Å². The number of rotatable bonds is 10. The second-order valence-corrected chi connectivity index (χ2v) is 6.74. The van der Waals surface area contributed by atoms with Crippen LogP contribution >= 0.6 is 0 Å². The predicted octanol–water partition coefficient (Wildman–Crippen LogP) is -0.852. The molecule has 2 amide bonds. The van der Waals surface area contributed by atoms with Gasteiger partial charge < -0.3 is 24.6 Å². The fourth-order valence-corrected chi connectivity index (χ4v) is 3.01. The zero-order valence-electron chi connectivity index (χ0n) is 16.7. The second kappa shape index (κ2) is 11.4. The van der Waals surface area contributed by atoms with E-state index in [1.165, 1.54) is 0 Å². The number of ketones is 1. The normalized spacial score (nSPS) is 14.6. The fraction of sp³-hybridized carbons (Fsp3) is 0.550. The van der Waals surface area contributed by atoms with Gasteiger partial charge in [-0.05, 0) is 24.3 Å². The number of piperazine rings is 1. The van der Waals surface area contributed by atoms with E-state index in [0.29, 0.717) is 50.5 Å². The summed E-state index contributed by atoms with van der Waals surface area (Å²) in [5, 5.41) is 2.81. The van der Waals surface area contributed by atoms with E-state index in [4.69, 9.17) is 9.47 Å². The Labute approximate surface area is 165 Å². The second-order valence-electron chi connectivity index (χ2n) is 6.74. The van der Waals surface area contributed by atoms with Crippen LogP contribution < -0.4 is 15.0 Å². The third-order valence-electron chi connectivity index (χ3n) is 4.72. The lowest BCUT2D eigenvalue weighted by molar-refractivity contribution is -0.896. The molecule has 2 rings (SSSR count). The smallest absolute Gasteiger partial charge is 0.275 e. The number of methoxy groups -OCH3 is 1. The Morgan fingerprint density at radius 3 is 2.43 bits per heavy atom. The van der Waals surface area contributed by atoms with Crippen LogP contribution in [0.5, 0.6) is 5.75 Å². The first kappa shape index (κ1) is 21.8. The first-order valence-electron chi connectivity index (χ1n) is 9.66. The van der Waals surface area contributed by atoms with E-state index in [0.717, 1.165) is 18.0 Å². The lowest BCUT2D eigenvalue weighted by Gasteiger charge is -2.31. The molecule has 0 spiro atoms. The number of carbonyl (C=O) groups excluding carboxylic acids is 3. The highest BCUT2D eigenvalue weighted by molar-refractivity contribution is 5.95. The average molecular weight is 392 g/mol. The minimum Gasteiger partial charge on any atom is -0.484 e. The zero-order chi connectivity index (χ0) is 20.4. The average Bonchev–Trinajstić information content (AvgIpc) is 2.72. The van der Waals surface area contributed by atoms with Crippen molar-refractivity contribution in [2.24, 2.45) is 0 Å². The standard InChI is InChI=1S/C20H29N3O5/c1-3-18(24)16-4-6-17(7-5-16)28-15-20(26)23-11-9-22(10-12-23)14-19(25)21-8-13-27-2/h4-7H,3,8-15H2,1-2H3,(H,21,25)/p+1. The van der Waals surface area contributed by atoms with Crippen molar-refractivity contribution in [3.05, 3.63) is 29.8 Å². The molecular weight excluding hydrogens is 362 g/mol. The predicted molar refractivity (Wildman–Crippen MR) is 104 cm³/mol.